The number of fused-ring (bicyclic) bond motifs is 1. The Morgan fingerprint density at radius 2 is 1.96 bits per heavy atom. The summed E-state index contributed by atoms with van der Waals surface area (Å²) in [7, 11) is 0. The van der Waals surface area contributed by atoms with E-state index in [4.69, 9.17) is 4.98 Å². The van der Waals surface area contributed by atoms with Crippen molar-refractivity contribution < 1.29 is 5.11 Å². The molecule has 0 aliphatic heterocycles. The molecule has 0 aliphatic rings. The molecule has 0 radical (unpaired) electrons. The molecule has 6 nitrogen and oxygen atoms in total. The standard InChI is InChI=1S/C20H27N5O/c1-4-16(12-26)23-18-10-17(21-11-15-8-6-5-7-9-15)19-20(24-18)25(13-22-19)14(2)3/h5-10,13-14,16,26H,4,11-12H2,1-3H3,(H2,21,23,24)/t16-/m0/s1. The van der Waals surface area contributed by atoms with E-state index in [0.29, 0.717) is 6.54 Å². The summed E-state index contributed by atoms with van der Waals surface area (Å²) < 4.78 is 2.06. The van der Waals surface area contributed by atoms with Crippen LogP contribution >= 0.6 is 0 Å². The first-order valence-corrected chi connectivity index (χ1v) is 9.15. The highest BCUT2D eigenvalue weighted by atomic mass is 16.3. The minimum absolute atomic E-state index is 0.0163. The normalized spacial score (nSPS) is 12.5. The Morgan fingerprint density at radius 1 is 1.19 bits per heavy atom. The van der Waals surface area contributed by atoms with Crippen LogP contribution in [0.25, 0.3) is 11.2 Å². The van der Waals surface area contributed by atoms with Gasteiger partial charge in [0, 0.05) is 18.7 Å². The largest absolute Gasteiger partial charge is 0.394 e. The molecule has 0 unspecified atom stereocenters. The molecule has 0 amide bonds. The second-order valence-corrected chi connectivity index (χ2v) is 6.74. The molecule has 3 aromatic rings. The fourth-order valence-corrected chi connectivity index (χ4v) is 2.87. The third-order valence-electron chi connectivity index (χ3n) is 4.48. The molecule has 0 bridgehead atoms. The Bertz CT molecular complexity index is 840. The van der Waals surface area contributed by atoms with Gasteiger partial charge in [0.15, 0.2) is 5.65 Å². The van der Waals surface area contributed by atoms with E-state index in [1.165, 1.54) is 5.56 Å². The van der Waals surface area contributed by atoms with Gasteiger partial charge in [0.2, 0.25) is 0 Å². The van der Waals surface area contributed by atoms with Gasteiger partial charge in [0.05, 0.1) is 24.7 Å². The van der Waals surface area contributed by atoms with Gasteiger partial charge < -0.3 is 20.3 Å². The molecule has 2 aromatic heterocycles. The SMILES string of the molecule is CC[C@@H](CO)Nc1cc(NCc2ccccc2)c2ncn(C(C)C)c2n1. The van der Waals surface area contributed by atoms with Gasteiger partial charge in [-0.3, -0.25) is 0 Å². The molecule has 138 valence electrons. The molecule has 3 rings (SSSR count). The van der Waals surface area contributed by atoms with E-state index in [2.05, 4.69) is 46.2 Å². The van der Waals surface area contributed by atoms with Crippen LogP contribution in [0.4, 0.5) is 11.5 Å². The first kappa shape index (κ1) is 18.2. The van der Waals surface area contributed by atoms with Crippen molar-refractivity contribution in [3.05, 3.63) is 48.3 Å². The second kappa shape index (κ2) is 8.19. The molecular formula is C20H27N5O. The quantitative estimate of drug-likeness (QED) is 0.574. The van der Waals surface area contributed by atoms with Crippen LogP contribution in [-0.2, 0) is 6.54 Å². The lowest BCUT2D eigenvalue weighted by Crippen LogP contribution is -2.23. The van der Waals surface area contributed by atoms with Crippen LogP contribution in [0.5, 0.6) is 0 Å². The Kier molecular flexibility index (Phi) is 5.73. The Morgan fingerprint density at radius 3 is 2.62 bits per heavy atom. The number of benzene rings is 1. The molecule has 1 aromatic carbocycles. The third-order valence-corrected chi connectivity index (χ3v) is 4.48. The van der Waals surface area contributed by atoms with Gasteiger partial charge in [-0.2, -0.15) is 0 Å². The van der Waals surface area contributed by atoms with Gasteiger partial charge >= 0.3 is 0 Å². The van der Waals surface area contributed by atoms with E-state index in [1.807, 2.05) is 37.5 Å². The predicted octanol–water partition coefficient (Wildman–Crippen LogP) is 3.81. The average Bonchev–Trinajstić information content (AvgIpc) is 3.09. The van der Waals surface area contributed by atoms with Gasteiger partial charge in [0.25, 0.3) is 0 Å². The topological polar surface area (TPSA) is 75.0 Å². The van der Waals surface area contributed by atoms with Crippen LogP contribution in [0, 0.1) is 0 Å². The molecule has 0 saturated heterocycles. The summed E-state index contributed by atoms with van der Waals surface area (Å²) in [4.78, 5) is 9.32. The van der Waals surface area contributed by atoms with Crippen molar-refractivity contribution >= 4 is 22.7 Å². The number of nitrogens with one attached hydrogen (secondary N) is 2. The van der Waals surface area contributed by atoms with E-state index < -0.39 is 0 Å². The van der Waals surface area contributed by atoms with E-state index in [-0.39, 0.29) is 18.7 Å². The van der Waals surface area contributed by atoms with Crippen LogP contribution in [0.2, 0.25) is 0 Å². The number of aliphatic hydroxyl groups excluding tert-OH is 1. The van der Waals surface area contributed by atoms with Crippen LogP contribution < -0.4 is 10.6 Å². The van der Waals surface area contributed by atoms with Crippen molar-refractivity contribution in [2.75, 3.05) is 17.2 Å². The number of nitrogens with zero attached hydrogens (tertiary/aromatic N) is 3. The number of aromatic nitrogens is 3. The van der Waals surface area contributed by atoms with Crippen LogP contribution in [0.3, 0.4) is 0 Å². The molecule has 26 heavy (non-hydrogen) atoms. The van der Waals surface area contributed by atoms with Crippen molar-refractivity contribution in [1.29, 1.82) is 0 Å². The van der Waals surface area contributed by atoms with E-state index in [0.717, 1.165) is 29.1 Å². The lowest BCUT2D eigenvalue weighted by Gasteiger charge is -2.17. The van der Waals surface area contributed by atoms with Gasteiger partial charge in [-0.1, -0.05) is 37.3 Å². The predicted molar refractivity (Wildman–Crippen MR) is 106 cm³/mol. The maximum absolute atomic E-state index is 9.50. The zero-order valence-corrected chi connectivity index (χ0v) is 15.6. The fourth-order valence-electron chi connectivity index (χ4n) is 2.87. The van der Waals surface area contributed by atoms with Gasteiger partial charge in [-0.05, 0) is 25.8 Å². The summed E-state index contributed by atoms with van der Waals surface area (Å²) >= 11 is 0. The Labute approximate surface area is 154 Å². The maximum atomic E-state index is 9.50. The fraction of sp³-hybridized carbons (Fsp3) is 0.400. The van der Waals surface area contributed by atoms with E-state index in [1.54, 1.807) is 0 Å². The summed E-state index contributed by atoms with van der Waals surface area (Å²) in [6, 6.07) is 12.5. The van der Waals surface area contributed by atoms with Gasteiger partial charge in [-0.15, -0.1) is 0 Å². The zero-order valence-electron chi connectivity index (χ0n) is 15.6. The summed E-state index contributed by atoms with van der Waals surface area (Å²) in [5.41, 5.74) is 3.84. The maximum Gasteiger partial charge on any atom is 0.164 e. The lowest BCUT2D eigenvalue weighted by molar-refractivity contribution is 0.271. The Balaban J connectivity index is 1.96. The first-order valence-electron chi connectivity index (χ1n) is 9.15. The van der Waals surface area contributed by atoms with E-state index >= 15 is 0 Å². The van der Waals surface area contributed by atoms with Crippen molar-refractivity contribution in [3.63, 3.8) is 0 Å². The first-order chi connectivity index (χ1) is 12.6. The summed E-state index contributed by atoms with van der Waals surface area (Å²) in [6.45, 7) is 7.06. The number of hydrogen-bond acceptors (Lipinski definition) is 5. The van der Waals surface area contributed by atoms with Crippen LogP contribution in [-0.4, -0.2) is 32.3 Å². The molecule has 0 saturated carbocycles. The summed E-state index contributed by atoms with van der Waals surface area (Å²) in [6.07, 6.45) is 2.66. The van der Waals surface area contributed by atoms with Crippen molar-refractivity contribution in [3.8, 4) is 0 Å². The van der Waals surface area contributed by atoms with E-state index in [9.17, 15) is 5.11 Å². The number of rotatable bonds is 8. The highest BCUT2D eigenvalue weighted by Gasteiger charge is 2.15. The monoisotopic (exact) mass is 353 g/mol. The number of imidazole rings is 1. The average molecular weight is 353 g/mol. The highest BCUT2D eigenvalue weighted by Crippen LogP contribution is 2.27. The molecule has 6 heteroatoms. The molecule has 0 fully saturated rings. The van der Waals surface area contributed by atoms with Crippen molar-refractivity contribution in [1.82, 2.24) is 14.5 Å². The number of anilines is 2. The minimum atomic E-state index is -0.0163. The zero-order chi connectivity index (χ0) is 18.5. The second-order valence-electron chi connectivity index (χ2n) is 6.74. The molecule has 0 spiro atoms. The number of hydrogen-bond donors (Lipinski definition) is 3. The number of aliphatic hydroxyl groups is 1. The van der Waals surface area contributed by atoms with Gasteiger partial charge in [0.1, 0.15) is 11.3 Å². The molecule has 2 heterocycles. The Hall–Kier alpha value is -2.60. The van der Waals surface area contributed by atoms with Crippen molar-refractivity contribution in [2.24, 2.45) is 0 Å². The lowest BCUT2D eigenvalue weighted by atomic mass is 10.2. The molecule has 0 aliphatic carbocycles. The van der Waals surface area contributed by atoms with Crippen molar-refractivity contribution in [2.45, 2.75) is 45.8 Å². The third kappa shape index (κ3) is 3.96. The summed E-state index contributed by atoms with van der Waals surface area (Å²) in [5, 5.41) is 16.3. The molecule has 3 N–H and O–H groups in total. The van der Waals surface area contributed by atoms with Gasteiger partial charge in [-0.25, -0.2) is 9.97 Å². The highest BCUT2D eigenvalue weighted by molar-refractivity contribution is 5.88. The molecule has 1 atom stereocenters. The summed E-state index contributed by atoms with van der Waals surface area (Å²) in [5.74, 6) is 0.747. The number of pyridine rings is 1. The van der Waals surface area contributed by atoms with Crippen LogP contribution in [0.1, 0.15) is 38.8 Å². The van der Waals surface area contributed by atoms with Crippen LogP contribution in [0.15, 0.2) is 42.7 Å². The minimum Gasteiger partial charge on any atom is -0.394 e. The molecular weight excluding hydrogens is 326 g/mol. The smallest absolute Gasteiger partial charge is 0.164 e.